The first kappa shape index (κ1) is 19.2. The summed E-state index contributed by atoms with van der Waals surface area (Å²) in [5.74, 6) is 0.703. The largest absolute Gasteiger partial charge is 0.334 e. The molecule has 1 aliphatic rings. The summed E-state index contributed by atoms with van der Waals surface area (Å²) < 4.78 is 1.66. The quantitative estimate of drug-likeness (QED) is 0.508. The molecule has 4 aromatic rings. The van der Waals surface area contributed by atoms with Gasteiger partial charge in [-0.2, -0.15) is 0 Å². The average Bonchev–Trinajstić information content (AvgIpc) is 2.82. The highest BCUT2D eigenvalue weighted by atomic mass is 16.1. The van der Waals surface area contributed by atoms with Crippen molar-refractivity contribution in [3.63, 3.8) is 0 Å². The van der Waals surface area contributed by atoms with E-state index >= 15 is 0 Å². The van der Waals surface area contributed by atoms with Gasteiger partial charge in [0.15, 0.2) is 0 Å². The normalized spacial score (nSPS) is 15.5. The first-order valence-electron chi connectivity index (χ1n) is 10.6. The third-order valence-electron chi connectivity index (χ3n) is 6.03. The van der Waals surface area contributed by atoms with E-state index < -0.39 is 0 Å². The average molecular weight is 409 g/mol. The molecule has 2 aromatic heterocycles. The second-order valence-corrected chi connectivity index (χ2v) is 7.92. The van der Waals surface area contributed by atoms with Gasteiger partial charge in [-0.25, -0.2) is 4.98 Å². The summed E-state index contributed by atoms with van der Waals surface area (Å²) in [6, 6.07) is 24.6. The number of rotatable bonds is 4. The van der Waals surface area contributed by atoms with Crippen LogP contribution in [-0.4, -0.2) is 21.1 Å². The molecule has 0 radical (unpaired) electrons. The summed E-state index contributed by atoms with van der Waals surface area (Å²) in [5, 5.41) is 0. The fraction of sp³-hybridized carbons (Fsp3) is 0.192. The van der Waals surface area contributed by atoms with Crippen LogP contribution in [0.25, 0.3) is 11.3 Å². The fourth-order valence-corrected chi connectivity index (χ4v) is 4.40. The lowest BCUT2D eigenvalue weighted by Crippen LogP contribution is -2.40. The molecule has 1 aliphatic heterocycles. The molecule has 0 N–H and O–H groups in total. The van der Waals surface area contributed by atoms with Crippen molar-refractivity contribution >= 4 is 5.95 Å². The molecular formula is C26H24N4O. The topological polar surface area (TPSA) is 51.0 Å². The minimum Gasteiger partial charge on any atom is -0.334 e. The van der Waals surface area contributed by atoms with Crippen molar-refractivity contribution in [2.75, 3.05) is 11.4 Å². The molecule has 0 saturated heterocycles. The summed E-state index contributed by atoms with van der Waals surface area (Å²) in [7, 11) is 1.81. The molecule has 0 amide bonds. The van der Waals surface area contributed by atoms with Gasteiger partial charge in [-0.3, -0.25) is 14.3 Å². The third-order valence-corrected chi connectivity index (χ3v) is 6.03. The molecular weight excluding hydrogens is 384 g/mol. The van der Waals surface area contributed by atoms with Crippen molar-refractivity contribution in [1.29, 1.82) is 0 Å². The van der Waals surface area contributed by atoms with Crippen molar-refractivity contribution in [1.82, 2.24) is 14.5 Å². The molecule has 0 aliphatic carbocycles. The first-order chi connectivity index (χ1) is 15.2. The van der Waals surface area contributed by atoms with Crippen molar-refractivity contribution in [2.24, 2.45) is 7.05 Å². The van der Waals surface area contributed by atoms with Gasteiger partial charge in [-0.15, -0.1) is 0 Å². The van der Waals surface area contributed by atoms with Crippen LogP contribution < -0.4 is 10.5 Å². The number of nitrogens with zero attached hydrogens (tertiary/aromatic N) is 4. The van der Waals surface area contributed by atoms with Gasteiger partial charge >= 0.3 is 0 Å². The van der Waals surface area contributed by atoms with Gasteiger partial charge in [0.1, 0.15) is 0 Å². The van der Waals surface area contributed by atoms with Crippen molar-refractivity contribution in [2.45, 2.75) is 18.9 Å². The van der Waals surface area contributed by atoms with Crippen LogP contribution in [0.15, 0.2) is 90.0 Å². The molecule has 5 rings (SSSR count). The summed E-state index contributed by atoms with van der Waals surface area (Å²) in [4.78, 5) is 24.2. The highest BCUT2D eigenvalue weighted by Gasteiger charge is 2.30. The van der Waals surface area contributed by atoms with Crippen LogP contribution in [0.1, 0.15) is 22.7 Å². The zero-order chi connectivity index (χ0) is 21.2. The van der Waals surface area contributed by atoms with E-state index in [-0.39, 0.29) is 11.6 Å². The molecule has 5 heteroatoms. The number of hydrogen-bond acceptors (Lipinski definition) is 4. The number of hydrogen-bond donors (Lipinski definition) is 0. The van der Waals surface area contributed by atoms with Gasteiger partial charge in [0.2, 0.25) is 5.95 Å². The van der Waals surface area contributed by atoms with Gasteiger partial charge in [0.25, 0.3) is 5.56 Å². The molecule has 0 bridgehead atoms. The smallest absolute Gasteiger partial charge is 0.255 e. The van der Waals surface area contributed by atoms with Crippen LogP contribution in [0.2, 0.25) is 0 Å². The minimum absolute atomic E-state index is 0.0610. The molecule has 1 unspecified atom stereocenters. The molecule has 3 heterocycles. The molecule has 154 valence electrons. The van der Waals surface area contributed by atoms with Crippen LogP contribution in [-0.2, 0) is 19.9 Å². The van der Waals surface area contributed by atoms with E-state index in [0.717, 1.165) is 24.9 Å². The Labute approximate surface area is 181 Å². The molecule has 0 saturated carbocycles. The zero-order valence-electron chi connectivity index (χ0n) is 17.5. The Bertz CT molecular complexity index is 1250. The second-order valence-electron chi connectivity index (χ2n) is 7.92. The standard InChI is InChI=1S/C26H24N4O/c1-29-25(31)18-23(21-11-14-27-15-12-21)28-26(29)30-16-13-20-9-5-6-10-22(20)24(30)17-19-7-3-2-4-8-19/h2-12,14-15,18,24H,13,16-17H2,1H3. The van der Waals surface area contributed by atoms with Gasteiger partial charge in [0.05, 0.1) is 11.7 Å². The Morgan fingerprint density at radius 2 is 1.71 bits per heavy atom. The summed E-state index contributed by atoms with van der Waals surface area (Å²) in [6.45, 7) is 0.814. The van der Waals surface area contributed by atoms with Crippen molar-refractivity contribution < 1.29 is 0 Å². The van der Waals surface area contributed by atoms with Gasteiger partial charge in [-0.1, -0.05) is 54.6 Å². The Morgan fingerprint density at radius 3 is 2.52 bits per heavy atom. The maximum Gasteiger partial charge on any atom is 0.255 e. The highest BCUT2D eigenvalue weighted by Crippen LogP contribution is 2.35. The molecule has 31 heavy (non-hydrogen) atoms. The molecule has 5 nitrogen and oxygen atoms in total. The predicted octanol–water partition coefficient (Wildman–Crippen LogP) is 4.19. The Balaban J connectivity index is 1.63. The Hall–Kier alpha value is -3.73. The van der Waals surface area contributed by atoms with E-state index in [1.54, 1.807) is 30.1 Å². The minimum atomic E-state index is -0.0610. The molecule has 1 atom stereocenters. The van der Waals surface area contributed by atoms with Crippen LogP contribution in [0.5, 0.6) is 0 Å². The molecule has 0 spiro atoms. The van der Waals surface area contributed by atoms with Crippen LogP contribution in [0.3, 0.4) is 0 Å². The van der Waals surface area contributed by atoms with E-state index in [0.29, 0.717) is 11.6 Å². The lowest BCUT2D eigenvalue weighted by Gasteiger charge is -2.39. The first-order valence-corrected chi connectivity index (χ1v) is 10.6. The van der Waals surface area contributed by atoms with E-state index in [4.69, 9.17) is 4.98 Å². The number of fused-ring (bicyclic) bond motifs is 1. The monoisotopic (exact) mass is 408 g/mol. The van der Waals surface area contributed by atoms with E-state index in [1.165, 1.54) is 16.7 Å². The number of pyridine rings is 1. The Morgan fingerprint density at radius 1 is 0.968 bits per heavy atom. The lowest BCUT2D eigenvalue weighted by molar-refractivity contribution is 0.552. The Kier molecular flexibility index (Phi) is 5.08. The van der Waals surface area contributed by atoms with E-state index in [1.807, 2.05) is 18.2 Å². The number of anilines is 1. The van der Waals surface area contributed by atoms with Gasteiger partial charge in [-0.05, 0) is 41.7 Å². The third kappa shape index (κ3) is 3.75. The maximum absolute atomic E-state index is 12.9. The number of aromatic nitrogens is 3. The van der Waals surface area contributed by atoms with Crippen LogP contribution in [0, 0.1) is 0 Å². The SMILES string of the molecule is Cn1c(N2CCc3ccccc3C2Cc2ccccc2)nc(-c2ccncc2)cc1=O. The second kappa shape index (κ2) is 8.19. The fourth-order valence-electron chi connectivity index (χ4n) is 4.40. The maximum atomic E-state index is 12.9. The lowest BCUT2D eigenvalue weighted by atomic mass is 9.89. The van der Waals surface area contributed by atoms with Gasteiger partial charge < -0.3 is 4.90 Å². The summed E-state index contributed by atoms with van der Waals surface area (Å²) in [5.41, 5.74) is 5.46. The van der Waals surface area contributed by atoms with Crippen molar-refractivity contribution in [3.05, 3.63) is 112 Å². The van der Waals surface area contributed by atoms with E-state index in [2.05, 4.69) is 58.4 Å². The summed E-state index contributed by atoms with van der Waals surface area (Å²) in [6.07, 6.45) is 5.23. The molecule has 2 aromatic carbocycles. The van der Waals surface area contributed by atoms with Crippen LogP contribution in [0.4, 0.5) is 5.95 Å². The number of benzene rings is 2. The summed E-state index contributed by atoms with van der Waals surface area (Å²) >= 11 is 0. The zero-order valence-corrected chi connectivity index (χ0v) is 17.5. The van der Waals surface area contributed by atoms with Crippen LogP contribution >= 0.6 is 0 Å². The predicted molar refractivity (Wildman–Crippen MR) is 123 cm³/mol. The highest BCUT2D eigenvalue weighted by molar-refractivity contribution is 5.60. The van der Waals surface area contributed by atoms with E-state index in [9.17, 15) is 4.79 Å². The van der Waals surface area contributed by atoms with Crippen molar-refractivity contribution in [3.8, 4) is 11.3 Å². The van der Waals surface area contributed by atoms with Gasteiger partial charge in [0, 0.05) is 37.6 Å². The molecule has 0 fully saturated rings.